The van der Waals surface area contributed by atoms with E-state index in [2.05, 4.69) is 99.6 Å². The van der Waals surface area contributed by atoms with Gasteiger partial charge in [0.2, 0.25) is 0 Å². The number of fused-ring (bicyclic) bond motifs is 10. The topological polar surface area (TPSA) is 30.7 Å². The zero-order chi connectivity index (χ0) is 21.2. The van der Waals surface area contributed by atoms with E-state index in [1.807, 2.05) is 6.92 Å². The van der Waals surface area contributed by atoms with Crippen molar-refractivity contribution in [3.05, 3.63) is 108 Å². The van der Waals surface area contributed by atoms with Gasteiger partial charge in [0.25, 0.3) is 0 Å². The standard InChI is InChI=1S/C29H19N3/c1-18-14-15-30-26(31-18)17-32-25-13-7-6-12-23(25)28-22-11-5-4-10-21(22)27-20-9-3-2-8-19(20)16-24(27)29(28)32/h2-13H,16-17H2,1H3. The Bertz CT molecular complexity index is 1690. The van der Waals surface area contributed by atoms with Crippen molar-refractivity contribution in [3.8, 4) is 11.1 Å². The largest absolute Gasteiger partial charge is 0.332 e. The zero-order valence-corrected chi connectivity index (χ0v) is 17.7. The highest BCUT2D eigenvalue weighted by atomic mass is 15.0. The number of hydrogen-bond acceptors (Lipinski definition) is 2. The van der Waals surface area contributed by atoms with Gasteiger partial charge in [-0.3, -0.25) is 0 Å². The summed E-state index contributed by atoms with van der Waals surface area (Å²) in [4.78, 5) is 9.05. The summed E-state index contributed by atoms with van der Waals surface area (Å²) in [6.45, 7) is 2.55. The van der Waals surface area contributed by atoms with Gasteiger partial charge < -0.3 is 4.57 Å². The lowest BCUT2D eigenvalue weighted by molar-refractivity contribution is 0.786. The van der Waals surface area contributed by atoms with Gasteiger partial charge >= 0.3 is 0 Å². The Morgan fingerprint density at radius 2 is 1.62 bits per heavy atom. The van der Waals surface area contributed by atoms with Crippen molar-refractivity contribution in [1.82, 2.24) is 14.5 Å². The first-order valence-corrected chi connectivity index (χ1v) is 11.0. The van der Waals surface area contributed by atoms with Crippen LogP contribution in [0.3, 0.4) is 0 Å². The highest BCUT2D eigenvalue weighted by molar-refractivity contribution is 6.25. The molecule has 0 amide bonds. The van der Waals surface area contributed by atoms with Crippen LogP contribution in [0, 0.1) is 19.2 Å². The summed E-state index contributed by atoms with van der Waals surface area (Å²) in [5, 5.41) is 5.24. The number of para-hydroxylation sites is 1. The van der Waals surface area contributed by atoms with E-state index in [9.17, 15) is 0 Å². The molecule has 0 N–H and O–H groups in total. The summed E-state index contributed by atoms with van der Waals surface area (Å²) >= 11 is 0. The second-order valence-electron chi connectivity index (χ2n) is 8.52. The van der Waals surface area contributed by atoms with Gasteiger partial charge in [-0.05, 0) is 52.1 Å². The van der Waals surface area contributed by atoms with Crippen LogP contribution in [0.2, 0.25) is 0 Å². The van der Waals surface area contributed by atoms with Gasteiger partial charge in [-0.2, -0.15) is 4.98 Å². The molecule has 6 aromatic rings. The van der Waals surface area contributed by atoms with Gasteiger partial charge in [0.05, 0.1) is 17.8 Å². The third kappa shape index (κ3) is 2.32. The van der Waals surface area contributed by atoms with Crippen LogP contribution in [0.4, 0.5) is 0 Å². The number of aryl methyl sites for hydroxylation is 1. The third-order valence-corrected chi connectivity index (χ3v) is 6.70. The summed E-state index contributed by atoms with van der Waals surface area (Å²) in [5.41, 5.74) is 8.85. The fraction of sp³-hybridized carbons (Fsp3) is 0.103. The van der Waals surface area contributed by atoms with Crippen molar-refractivity contribution >= 4 is 32.6 Å². The fourth-order valence-corrected chi connectivity index (χ4v) is 5.47. The van der Waals surface area contributed by atoms with E-state index in [-0.39, 0.29) is 0 Å². The summed E-state index contributed by atoms with van der Waals surface area (Å²) in [7, 11) is 0. The molecular weight excluding hydrogens is 390 g/mol. The van der Waals surface area contributed by atoms with Crippen molar-refractivity contribution in [2.45, 2.75) is 19.9 Å². The summed E-state index contributed by atoms with van der Waals surface area (Å²) < 4.78 is 2.41. The number of benzene rings is 4. The average molecular weight is 409 g/mol. The third-order valence-electron chi connectivity index (χ3n) is 6.70. The van der Waals surface area contributed by atoms with E-state index in [1.54, 1.807) is 0 Å². The lowest BCUT2D eigenvalue weighted by atomic mass is 9.94. The van der Waals surface area contributed by atoms with Crippen molar-refractivity contribution in [3.63, 3.8) is 0 Å². The molecule has 7 rings (SSSR count). The molecule has 0 spiro atoms. The molecule has 4 aromatic carbocycles. The van der Waals surface area contributed by atoms with E-state index in [0.717, 1.165) is 17.9 Å². The van der Waals surface area contributed by atoms with E-state index in [4.69, 9.17) is 0 Å². The second-order valence-corrected chi connectivity index (χ2v) is 8.52. The number of rotatable bonds is 2. The first-order chi connectivity index (χ1) is 15.8. The molecule has 0 fully saturated rings. The maximum absolute atomic E-state index is 4.64. The van der Waals surface area contributed by atoms with Crippen LogP contribution in [0.1, 0.15) is 22.6 Å². The van der Waals surface area contributed by atoms with Crippen molar-refractivity contribution in [1.29, 1.82) is 0 Å². The van der Waals surface area contributed by atoms with Crippen LogP contribution < -0.4 is 0 Å². The van der Waals surface area contributed by atoms with Gasteiger partial charge in [0.1, 0.15) is 0 Å². The molecule has 0 unspecified atom stereocenters. The SMILES string of the molecule is Cc1c#cnc(Cn2c3ccccc3c3c4ccccc4c4c(c32)Cc2ccccc2-4)n1. The van der Waals surface area contributed by atoms with Gasteiger partial charge in [-0.25, -0.2) is 4.98 Å². The minimum absolute atomic E-state index is 0.608. The molecule has 0 saturated heterocycles. The normalized spacial score (nSPS) is 12.3. The molecule has 32 heavy (non-hydrogen) atoms. The van der Waals surface area contributed by atoms with Crippen LogP contribution in [0.15, 0.2) is 72.8 Å². The lowest BCUT2D eigenvalue weighted by Crippen LogP contribution is -2.05. The van der Waals surface area contributed by atoms with Crippen LogP contribution >= 0.6 is 0 Å². The highest BCUT2D eigenvalue weighted by Gasteiger charge is 2.27. The van der Waals surface area contributed by atoms with Gasteiger partial charge in [0.15, 0.2) is 5.82 Å². The summed E-state index contributed by atoms with van der Waals surface area (Å²) in [6.07, 6.45) is 3.83. The monoisotopic (exact) mass is 409 g/mol. The first kappa shape index (κ1) is 17.5. The molecule has 2 heterocycles. The fourth-order valence-electron chi connectivity index (χ4n) is 5.47. The smallest absolute Gasteiger partial charge is 0.159 e. The van der Waals surface area contributed by atoms with E-state index < -0.39 is 0 Å². The van der Waals surface area contributed by atoms with Crippen molar-refractivity contribution in [2.24, 2.45) is 0 Å². The Hall–Kier alpha value is -4.16. The Balaban J connectivity index is 1.67. The summed E-state index contributed by atoms with van der Waals surface area (Å²) in [5.74, 6) is 0.765. The van der Waals surface area contributed by atoms with E-state index >= 15 is 0 Å². The number of nitrogens with zero attached hydrogens (tertiary/aromatic N) is 3. The molecule has 0 saturated carbocycles. The molecule has 1 aliphatic carbocycles. The molecule has 3 nitrogen and oxygen atoms in total. The Morgan fingerprint density at radius 1 is 0.875 bits per heavy atom. The minimum Gasteiger partial charge on any atom is -0.332 e. The van der Waals surface area contributed by atoms with Crippen molar-refractivity contribution < 1.29 is 0 Å². The van der Waals surface area contributed by atoms with Gasteiger partial charge in [-0.15, -0.1) is 0 Å². The van der Waals surface area contributed by atoms with Gasteiger partial charge in [-0.1, -0.05) is 66.7 Å². The predicted molar refractivity (Wildman–Crippen MR) is 129 cm³/mol. The lowest BCUT2D eigenvalue weighted by Gasteiger charge is -2.13. The van der Waals surface area contributed by atoms with Gasteiger partial charge in [0, 0.05) is 28.9 Å². The zero-order valence-electron chi connectivity index (χ0n) is 17.7. The van der Waals surface area contributed by atoms with Crippen LogP contribution in [-0.2, 0) is 13.0 Å². The molecule has 150 valence electrons. The maximum atomic E-state index is 4.64. The number of aromatic nitrogens is 3. The Morgan fingerprint density at radius 3 is 2.50 bits per heavy atom. The van der Waals surface area contributed by atoms with E-state index in [0.29, 0.717) is 6.54 Å². The second kappa shape index (κ2) is 6.42. The van der Waals surface area contributed by atoms with Crippen LogP contribution in [0.5, 0.6) is 0 Å². The predicted octanol–water partition coefficient (Wildman–Crippen LogP) is 6.27. The number of hydrogen-bond donors (Lipinski definition) is 0. The summed E-state index contributed by atoms with van der Waals surface area (Å²) in [6, 6.07) is 29.3. The molecule has 0 bridgehead atoms. The highest BCUT2D eigenvalue weighted by Crippen LogP contribution is 2.48. The minimum atomic E-state index is 0.608. The molecule has 0 aliphatic heterocycles. The molecular formula is C29H19N3. The van der Waals surface area contributed by atoms with Crippen LogP contribution in [0.25, 0.3) is 43.7 Å². The maximum Gasteiger partial charge on any atom is 0.159 e. The quantitative estimate of drug-likeness (QED) is 0.337. The molecule has 1 aliphatic rings. The molecule has 0 radical (unpaired) electrons. The van der Waals surface area contributed by atoms with E-state index in [1.165, 1.54) is 54.8 Å². The Kier molecular flexibility index (Phi) is 3.51. The first-order valence-electron chi connectivity index (χ1n) is 11.0. The average Bonchev–Trinajstić information content (AvgIpc) is 3.36. The molecule has 2 aromatic heterocycles. The molecule has 0 atom stereocenters. The van der Waals surface area contributed by atoms with Crippen LogP contribution in [-0.4, -0.2) is 14.5 Å². The Labute approximate surface area is 186 Å². The van der Waals surface area contributed by atoms with Crippen molar-refractivity contribution in [2.75, 3.05) is 0 Å². The molecule has 3 heteroatoms.